The monoisotopic (exact) mass is 274 g/mol. The van der Waals surface area contributed by atoms with E-state index in [1.165, 1.54) is 0 Å². The van der Waals surface area contributed by atoms with E-state index in [9.17, 15) is 5.11 Å². The first-order chi connectivity index (χ1) is 9.60. The van der Waals surface area contributed by atoms with E-state index < -0.39 is 6.10 Å². The van der Waals surface area contributed by atoms with Crippen LogP contribution in [0.1, 0.15) is 23.1 Å². The highest BCUT2D eigenvalue weighted by molar-refractivity contribution is 5.24. The molecule has 1 unspecified atom stereocenters. The summed E-state index contributed by atoms with van der Waals surface area (Å²) in [6.07, 6.45) is 3.20. The molecule has 2 aromatic rings. The molecule has 0 saturated heterocycles. The van der Waals surface area contributed by atoms with Gasteiger partial charge in [0.15, 0.2) is 0 Å². The Kier molecular flexibility index (Phi) is 4.89. The summed E-state index contributed by atoms with van der Waals surface area (Å²) >= 11 is 0. The van der Waals surface area contributed by atoms with E-state index in [1.54, 1.807) is 6.20 Å². The predicted molar refractivity (Wildman–Crippen MR) is 78.8 cm³/mol. The van der Waals surface area contributed by atoms with Crippen LogP contribution in [0.4, 0.5) is 0 Å². The van der Waals surface area contributed by atoms with Crippen LogP contribution in [0, 0.1) is 0 Å². The van der Waals surface area contributed by atoms with Gasteiger partial charge in [-0.15, -0.1) is 0 Å². The average molecular weight is 274 g/mol. The van der Waals surface area contributed by atoms with Crippen LogP contribution in [0.2, 0.25) is 0 Å². The second kappa shape index (κ2) is 6.65. The fourth-order valence-corrected chi connectivity index (χ4v) is 2.13. The number of aromatic nitrogens is 2. The summed E-state index contributed by atoms with van der Waals surface area (Å²) in [5.41, 5.74) is 7.55. The number of aryl methyl sites for hydroxylation is 1. The quantitative estimate of drug-likeness (QED) is 0.826. The molecule has 0 spiro atoms. The minimum Gasteiger partial charge on any atom is -0.387 e. The highest BCUT2D eigenvalue weighted by atomic mass is 16.3. The van der Waals surface area contributed by atoms with E-state index in [-0.39, 0.29) is 0 Å². The Hall–Kier alpha value is -1.69. The Bertz CT molecular complexity index is 535. The molecule has 3 N–H and O–H groups in total. The summed E-state index contributed by atoms with van der Waals surface area (Å²) in [5, 5.41) is 10.3. The zero-order valence-electron chi connectivity index (χ0n) is 12.0. The molecule has 2 rings (SSSR count). The van der Waals surface area contributed by atoms with Gasteiger partial charge in [0, 0.05) is 32.5 Å². The van der Waals surface area contributed by atoms with Crippen molar-refractivity contribution in [2.45, 2.75) is 19.2 Å². The van der Waals surface area contributed by atoms with Crippen molar-refractivity contribution < 1.29 is 5.11 Å². The number of nitrogens with zero attached hydrogens (tertiary/aromatic N) is 3. The number of likely N-dealkylation sites (N-methyl/N-ethyl adjacent to an activating group) is 1. The Balaban J connectivity index is 1.92. The molecule has 108 valence electrons. The van der Waals surface area contributed by atoms with Gasteiger partial charge in [-0.25, -0.2) is 4.98 Å². The van der Waals surface area contributed by atoms with Crippen molar-refractivity contribution in [3.05, 3.63) is 53.6 Å². The molecule has 1 atom stereocenters. The summed E-state index contributed by atoms with van der Waals surface area (Å²) in [7, 11) is 3.95. The van der Waals surface area contributed by atoms with Gasteiger partial charge in [-0.1, -0.05) is 24.3 Å². The van der Waals surface area contributed by atoms with Crippen molar-refractivity contribution in [3.8, 4) is 0 Å². The van der Waals surface area contributed by atoms with Crippen LogP contribution in [0.3, 0.4) is 0 Å². The predicted octanol–water partition coefficient (Wildman–Crippen LogP) is 1.04. The molecule has 1 aromatic carbocycles. The maximum Gasteiger partial charge on any atom is 0.122 e. The minimum absolute atomic E-state index is 0.507. The van der Waals surface area contributed by atoms with Gasteiger partial charge in [0.25, 0.3) is 0 Å². The Morgan fingerprint density at radius 2 is 2.05 bits per heavy atom. The van der Waals surface area contributed by atoms with Crippen molar-refractivity contribution in [2.75, 3.05) is 13.6 Å². The Labute approximate surface area is 119 Å². The molecular formula is C15H22N4O. The second-order valence-electron chi connectivity index (χ2n) is 5.11. The first-order valence-electron chi connectivity index (χ1n) is 6.72. The van der Waals surface area contributed by atoms with Crippen molar-refractivity contribution in [1.82, 2.24) is 14.5 Å². The number of aliphatic hydroxyl groups is 1. The lowest BCUT2D eigenvalue weighted by molar-refractivity contribution is 0.122. The van der Waals surface area contributed by atoms with Crippen LogP contribution in [0.25, 0.3) is 0 Å². The van der Waals surface area contributed by atoms with Crippen LogP contribution in [-0.2, 0) is 20.1 Å². The number of rotatable bonds is 6. The zero-order chi connectivity index (χ0) is 14.5. The summed E-state index contributed by atoms with van der Waals surface area (Å²) in [6, 6.07) is 7.78. The molecule has 0 aliphatic heterocycles. The second-order valence-corrected chi connectivity index (χ2v) is 5.11. The van der Waals surface area contributed by atoms with E-state index >= 15 is 0 Å². The number of nitrogens with two attached hydrogens (primary N) is 1. The van der Waals surface area contributed by atoms with Gasteiger partial charge in [0.1, 0.15) is 5.82 Å². The fourth-order valence-electron chi connectivity index (χ4n) is 2.13. The van der Waals surface area contributed by atoms with Crippen molar-refractivity contribution >= 4 is 0 Å². The van der Waals surface area contributed by atoms with Gasteiger partial charge in [-0.3, -0.25) is 4.90 Å². The van der Waals surface area contributed by atoms with E-state index in [4.69, 9.17) is 5.73 Å². The molecular weight excluding hydrogens is 252 g/mol. The molecule has 0 radical (unpaired) electrons. The van der Waals surface area contributed by atoms with Crippen molar-refractivity contribution in [3.63, 3.8) is 0 Å². The molecule has 0 saturated carbocycles. The number of hydrogen-bond acceptors (Lipinski definition) is 4. The fraction of sp³-hybridized carbons (Fsp3) is 0.400. The Morgan fingerprint density at radius 1 is 1.35 bits per heavy atom. The van der Waals surface area contributed by atoms with Gasteiger partial charge < -0.3 is 15.4 Å². The lowest BCUT2D eigenvalue weighted by atomic mass is 10.1. The topological polar surface area (TPSA) is 67.3 Å². The van der Waals surface area contributed by atoms with Crippen molar-refractivity contribution in [2.24, 2.45) is 12.8 Å². The standard InChI is InChI=1S/C15H22N4O/c1-18(11-15-17-7-8-19(15)2)10-14(20)13-5-3-12(9-16)4-6-13/h3-8,14,20H,9-11,16H2,1-2H3. The Morgan fingerprint density at radius 3 is 2.60 bits per heavy atom. The maximum absolute atomic E-state index is 10.3. The lowest BCUT2D eigenvalue weighted by Gasteiger charge is -2.20. The van der Waals surface area contributed by atoms with Crippen molar-refractivity contribution in [1.29, 1.82) is 0 Å². The van der Waals surface area contributed by atoms with Crippen LogP contribution >= 0.6 is 0 Å². The third-order valence-corrected chi connectivity index (χ3v) is 3.42. The first kappa shape index (κ1) is 14.7. The van der Waals surface area contributed by atoms with Gasteiger partial charge in [0.2, 0.25) is 0 Å². The third kappa shape index (κ3) is 3.66. The minimum atomic E-state index is -0.507. The first-order valence-corrected chi connectivity index (χ1v) is 6.72. The molecule has 1 aromatic heterocycles. The van der Waals surface area contributed by atoms with Crippen LogP contribution in [0.5, 0.6) is 0 Å². The molecule has 0 aliphatic rings. The molecule has 20 heavy (non-hydrogen) atoms. The van der Waals surface area contributed by atoms with Gasteiger partial charge >= 0.3 is 0 Å². The van der Waals surface area contributed by atoms with Crippen LogP contribution in [0.15, 0.2) is 36.7 Å². The zero-order valence-corrected chi connectivity index (χ0v) is 12.0. The van der Waals surface area contributed by atoms with Crippen LogP contribution in [-0.4, -0.2) is 33.1 Å². The normalized spacial score (nSPS) is 12.8. The number of imidazole rings is 1. The maximum atomic E-state index is 10.3. The molecule has 0 amide bonds. The average Bonchev–Trinajstić information content (AvgIpc) is 2.84. The highest BCUT2D eigenvalue weighted by Crippen LogP contribution is 2.15. The number of aliphatic hydroxyl groups excluding tert-OH is 1. The van der Waals surface area contributed by atoms with Gasteiger partial charge in [-0.2, -0.15) is 0 Å². The summed E-state index contributed by atoms with van der Waals surface area (Å²) in [6.45, 7) is 1.80. The highest BCUT2D eigenvalue weighted by Gasteiger charge is 2.12. The molecule has 0 fully saturated rings. The van der Waals surface area contributed by atoms with Crippen LogP contribution < -0.4 is 5.73 Å². The lowest BCUT2D eigenvalue weighted by Crippen LogP contribution is -2.25. The summed E-state index contributed by atoms with van der Waals surface area (Å²) < 4.78 is 1.99. The number of hydrogen-bond donors (Lipinski definition) is 2. The van der Waals surface area contributed by atoms with E-state index in [0.717, 1.165) is 17.0 Å². The van der Waals surface area contributed by atoms with Gasteiger partial charge in [-0.05, 0) is 18.2 Å². The SMILES string of the molecule is CN(Cc1nccn1C)CC(O)c1ccc(CN)cc1. The molecule has 0 bridgehead atoms. The van der Waals surface area contributed by atoms with Gasteiger partial charge in [0.05, 0.1) is 12.6 Å². The molecule has 5 nitrogen and oxygen atoms in total. The number of benzene rings is 1. The summed E-state index contributed by atoms with van der Waals surface area (Å²) in [4.78, 5) is 6.34. The smallest absolute Gasteiger partial charge is 0.122 e. The molecule has 5 heteroatoms. The van der Waals surface area contributed by atoms with E-state index in [0.29, 0.717) is 19.6 Å². The molecule has 1 heterocycles. The molecule has 0 aliphatic carbocycles. The van der Waals surface area contributed by atoms with E-state index in [2.05, 4.69) is 9.88 Å². The van der Waals surface area contributed by atoms with E-state index in [1.807, 2.05) is 49.1 Å². The third-order valence-electron chi connectivity index (χ3n) is 3.42. The largest absolute Gasteiger partial charge is 0.387 e. The summed E-state index contributed by atoms with van der Waals surface area (Å²) in [5.74, 6) is 0.984.